The highest BCUT2D eigenvalue weighted by Gasteiger charge is 2.38. The fraction of sp³-hybridized carbons (Fsp3) is 1.00. The van der Waals surface area contributed by atoms with Gasteiger partial charge in [-0.25, -0.2) is 8.42 Å². The Balaban J connectivity index is 1.92. The van der Waals surface area contributed by atoms with Crippen molar-refractivity contribution in [2.75, 3.05) is 32.7 Å². The van der Waals surface area contributed by atoms with Gasteiger partial charge in [0.1, 0.15) is 0 Å². The van der Waals surface area contributed by atoms with Crippen LogP contribution in [0.15, 0.2) is 0 Å². The summed E-state index contributed by atoms with van der Waals surface area (Å²) < 4.78 is 39.8. The van der Waals surface area contributed by atoms with E-state index in [0.717, 1.165) is 25.7 Å². The number of ether oxygens (including phenoxy) is 3. The molecule has 2 unspecified atom stereocenters. The molecule has 2 aliphatic rings. The molecule has 0 N–H and O–H groups in total. The van der Waals surface area contributed by atoms with Gasteiger partial charge >= 0.3 is 0 Å². The molecule has 1 saturated carbocycles. The SMILES string of the molecule is COC1CCCC(OCC2(CS(=O)(=O)Cl)CCOCC2)C1. The molecule has 1 heterocycles. The molecule has 2 fully saturated rings. The van der Waals surface area contributed by atoms with Crippen LogP contribution >= 0.6 is 10.7 Å². The van der Waals surface area contributed by atoms with Crippen molar-refractivity contribution in [3.63, 3.8) is 0 Å². The lowest BCUT2D eigenvalue weighted by Gasteiger charge is -2.38. The van der Waals surface area contributed by atoms with Gasteiger partial charge in [0.15, 0.2) is 0 Å². The fourth-order valence-corrected chi connectivity index (χ4v) is 5.06. The van der Waals surface area contributed by atoms with Gasteiger partial charge in [0.25, 0.3) is 0 Å². The zero-order chi connectivity index (χ0) is 15.3. The number of methoxy groups -OCH3 is 1. The van der Waals surface area contributed by atoms with Crippen LogP contribution in [-0.2, 0) is 23.3 Å². The maximum Gasteiger partial charge on any atom is 0.233 e. The second kappa shape index (κ2) is 7.59. The maximum atomic E-state index is 11.5. The predicted octanol–water partition coefficient (Wildman–Crippen LogP) is 2.33. The Morgan fingerprint density at radius 3 is 2.52 bits per heavy atom. The quantitative estimate of drug-likeness (QED) is 0.694. The molecule has 0 bridgehead atoms. The van der Waals surface area contributed by atoms with Crippen LogP contribution in [-0.4, -0.2) is 53.3 Å². The first-order valence-corrected chi connectivity index (χ1v) is 10.0. The first-order chi connectivity index (χ1) is 9.92. The van der Waals surface area contributed by atoms with Gasteiger partial charge in [-0.05, 0) is 38.5 Å². The summed E-state index contributed by atoms with van der Waals surface area (Å²) in [5.41, 5.74) is -0.404. The summed E-state index contributed by atoms with van der Waals surface area (Å²) in [6.45, 7) is 1.58. The molecule has 0 aromatic heterocycles. The number of hydrogen-bond donors (Lipinski definition) is 0. The van der Waals surface area contributed by atoms with Crippen LogP contribution < -0.4 is 0 Å². The van der Waals surface area contributed by atoms with E-state index < -0.39 is 14.5 Å². The lowest BCUT2D eigenvalue weighted by atomic mass is 9.83. The van der Waals surface area contributed by atoms with Crippen molar-refractivity contribution in [2.45, 2.75) is 50.7 Å². The minimum Gasteiger partial charge on any atom is -0.381 e. The standard InChI is InChI=1S/C14H25ClO5S/c1-18-12-3-2-4-13(9-12)20-10-14(11-21(15,16)17)5-7-19-8-6-14/h12-13H,2-11H2,1H3. The third-order valence-corrected chi connectivity index (χ3v) is 5.85. The summed E-state index contributed by atoms with van der Waals surface area (Å²) in [5, 5.41) is 0. The monoisotopic (exact) mass is 340 g/mol. The van der Waals surface area contributed by atoms with Crippen molar-refractivity contribution in [3.05, 3.63) is 0 Å². The third kappa shape index (κ3) is 5.67. The Morgan fingerprint density at radius 2 is 1.90 bits per heavy atom. The number of hydrogen-bond acceptors (Lipinski definition) is 5. The van der Waals surface area contributed by atoms with E-state index in [1.807, 2.05) is 0 Å². The molecule has 21 heavy (non-hydrogen) atoms. The Hall–Kier alpha value is 0.120. The van der Waals surface area contributed by atoms with Gasteiger partial charge in [-0.1, -0.05) is 0 Å². The van der Waals surface area contributed by atoms with Crippen LogP contribution in [0.5, 0.6) is 0 Å². The molecule has 1 aliphatic carbocycles. The molecule has 0 radical (unpaired) electrons. The minimum atomic E-state index is -3.54. The zero-order valence-corrected chi connectivity index (χ0v) is 14.1. The molecule has 1 saturated heterocycles. The van der Waals surface area contributed by atoms with Gasteiger partial charge in [0.2, 0.25) is 9.05 Å². The summed E-state index contributed by atoms with van der Waals surface area (Å²) in [7, 11) is 3.67. The van der Waals surface area contributed by atoms with E-state index in [-0.39, 0.29) is 18.0 Å². The molecule has 1 aliphatic heterocycles. The van der Waals surface area contributed by atoms with E-state index in [4.69, 9.17) is 24.9 Å². The minimum absolute atomic E-state index is 0.0364. The van der Waals surface area contributed by atoms with E-state index in [1.54, 1.807) is 7.11 Å². The van der Waals surface area contributed by atoms with Crippen LogP contribution in [0.1, 0.15) is 38.5 Å². The van der Waals surface area contributed by atoms with Gasteiger partial charge in [0.05, 0.1) is 24.6 Å². The topological polar surface area (TPSA) is 61.8 Å². The molecule has 5 nitrogen and oxygen atoms in total. The summed E-state index contributed by atoms with van der Waals surface area (Å²) in [5.74, 6) is -0.0364. The second-order valence-corrected chi connectivity index (χ2v) is 9.03. The molecule has 0 aromatic carbocycles. The summed E-state index contributed by atoms with van der Waals surface area (Å²) in [4.78, 5) is 0. The highest BCUT2D eigenvalue weighted by Crippen LogP contribution is 2.35. The van der Waals surface area contributed by atoms with Gasteiger partial charge < -0.3 is 14.2 Å². The Bertz CT molecular complexity index is 419. The van der Waals surface area contributed by atoms with E-state index in [2.05, 4.69) is 0 Å². The number of halogens is 1. The van der Waals surface area contributed by atoms with Crippen molar-refractivity contribution >= 4 is 19.7 Å². The molecule has 0 spiro atoms. The van der Waals surface area contributed by atoms with Crippen LogP contribution in [0.25, 0.3) is 0 Å². The maximum absolute atomic E-state index is 11.5. The molecule has 2 rings (SSSR count). The van der Waals surface area contributed by atoms with Crippen LogP contribution in [0.4, 0.5) is 0 Å². The first-order valence-electron chi connectivity index (χ1n) is 7.57. The van der Waals surface area contributed by atoms with Gasteiger partial charge in [0, 0.05) is 36.4 Å². The van der Waals surface area contributed by atoms with Gasteiger partial charge in [-0.15, -0.1) is 0 Å². The first kappa shape index (κ1) is 17.5. The van der Waals surface area contributed by atoms with Crippen molar-refractivity contribution in [3.8, 4) is 0 Å². The Kier molecular flexibility index (Phi) is 6.32. The lowest BCUT2D eigenvalue weighted by Crippen LogP contribution is -2.41. The molecule has 7 heteroatoms. The molecular formula is C14H25ClO5S. The van der Waals surface area contributed by atoms with Crippen LogP contribution in [0, 0.1) is 5.41 Å². The van der Waals surface area contributed by atoms with Crippen LogP contribution in [0.2, 0.25) is 0 Å². The fourth-order valence-electron chi connectivity index (χ4n) is 3.26. The molecule has 0 amide bonds. The largest absolute Gasteiger partial charge is 0.381 e. The molecule has 0 aromatic rings. The van der Waals surface area contributed by atoms with Gasteiger partial charge in [-0.3, -0.25) is 0 Å². The zero-order valence-electron chi connectivity index (χ0n) is 12.6. The smallest absolute Gasteiger partial charge is 0.233 e. The Labute approximate surface area is 131 Å². The highest BCUT2D eigenvalue weighted by molar-refractivity contribution is 8.13. The summed E-state index contributed by atoms with van der Waals surface area (Å²) in [6, 6.07) is 0. The van der Waals surface area contributed by atoms with Crippen molar-refractivity contribution in [1.82, 2.24) is 0 Å². The van der Waals surface area contributed by atoms with Crippen molar-refractivity contribution in [2.24, 2.45) is 5.41 Å². The van der Waals surface area contributed by atoms with Crippen LogP contribution in [0.3, 0.4) is 0 Å². The molecular weight excluding hydrogens is 316 g/mol. The second-order valence-electron chi connectivity index (χ2n) is 6.25. The van der Waals surface area contributed by atoms with E-state index >= 15 is 0 Å². The van der Waals surface area contributed by atoms with E-state index in [1.165, 1.54) is 0 Å². The lowest BCUT2D eigenvalue weighted by molar-refractivity contribution is -0.0796. The van der Waals surface area contributed by atoms with Crippen molar-refractivity contribution < 1.29 is 22.6 Å². The third-order valence-electron chi connectivity index (χ3n) is 4.57. The van der Waals surface area contributed by atoms with Crippen molar-refractivity contribution in [1.29, 1.82) is 0 Å². The highest BCUT2D eigenvalue weighted by atomic mass is 35.7. The van der Waals surface area contributed by atoms with E-state index in [0.29, 0.717) is 32.7 Å². The van der Waals surface area contributed by atoms with Gasteiger partial charge in [-0.2, -0.15) is 0 Å². The average molecular weight is 341 g/mol. The average Bonchev–Trinajstić information content (AvgIpc) is 2.45. The summed E-state index contributed by atoms with van der Waals surface area (Å²) in [6.07, 6.45) is 5.83. The molecule has 124 valence electrons. The number of rotatable bonds is 6. The Morgan fingerprint density at radius 1 is 1.24 bits per heavy atom. The summed E-state index contributed by atoms with van der Waals surface area (Å²) >= 11 is 0. The normalized spacial score (nSPS) is 30.2. The predicted molar refractivity (Wildman–Crippen MR) is 81.1 cm³/mol. The molecule has 2 atom stereocenters. The van der Waals surface area contributed by atoms with E-state index in [9.17, 15) is 8.42 Å².